The third-order valence-electron chi connectivity index (χ3n) is 3.36. The van der Waals surface area contributed by atoms with Gasteiger partial charge in [0.1, 0.15) is 0 Å². The molecule has 0 bridgehead atoms. The lowest BCUT2D eigenvalue weighted by Gasteiger charge is -2.26. The van der Waals surface area contributed by atoms with Gasteiger partial charge in [0.15, 0.2) is 5.76 Å². The number of aromatic nitrogens is 1. The third kappa shape index (κ3) is 3.28. The van der Waals surface area contributed by atoms with Crippen LogP contribution in [0.2, 0.25) is 0 Å². The maximum atomic E-state index is 5.52. The fourth-order valence-corrected chi connectivity index (χ4v) is 2.38. The molecule has 1 aromatic heterocycles. The second-order valence-corrected chi connectivity index (χ2v) is 4.92. The van der Waals surface area contributed by atoms with Crippen LogP contribution in [0.5, 0.6) is 0 Å². The van der Waals surface area contributed by atoms with Crippen molar-refractivity contribution in [3.8, 4) is 0 Å². The summed E-state index contributed by atoms with van der Waals surface area (Å²) in [5.41, 5.74) is 6.36. The van der Waals surface area contributed by atoms with E-state index in [1.54, 1.807) is 0 Å². The highest BCUT2D eigenvalue weighted by atomic mass is 16.5. The van der Waals surface area contributed by atoms with E-state index in [2.05, 4.69) is 28.9 Å². The molecule has 1 aliphatic rings. The van der Waals surface area contributed by atoms with Crippen molar-refractivity contribution in [1.29, 1.82) is 0 Å². The molecule has 2 heterocycles. The largest absolute Gasteiger partial charge is 0.360 e. The van der Waals surface area contributed by atoms with Crippen LogP contribution in [-0.4, -0.2) is 47.7 Å². The molecule has 17 heavy (non-hydrogen) atoms. The molecular formula is C12H22N4O. The van der Waals surface area contributed by atoms with E-state index in [0.29, 0.717) is 12.6 Å². The summed E-state index contributed by atoms with van der Waals surface area (Å²) in [6.45, 7) is 6.94. The van der Waals surface area contributed by atoms with Gasteiger partial charge >= 0.3 is 0 Å². The SMILES string of the molecule is CC1CN(C)CCCN1Cc1cc(CN)no1. The summed E-state index contributed by atoms with van der Waals surface area (Å²) in [7, 11) is 2.18. The maximum Gasteiger partial charge on any atom is 0.151 e. The predicted octanol–water partition coefficient (Wildman–Crippen LogP) is 0.659. The Hall–Kier alpha value is -0.910. The van der Waals surface area contributed by atoms with E-state index in [9.17, 15) is 0 Å². The number of rotatable bonds is 3. The molecule has 0 aliphatic carbocycles. The molecule has 0 spiro atoms. The topological polar surface area (TPSA) is 58.5 Å². The second-order valence-electron chi connectivity index (χ2n) is 4.92. The Kier molecular flexibility index (Phi) is 4.15. The lowest BCUT2D eigenvalue weighted by atomic mass is 10.2. The predicted molar refractivity (Wildman–Crippen MR) is 66.4 cm³/mol. The van der Waals surface area contributed by atoms with Gasteiger partial charge in [-0.3, -0.25) is 4.90 Å². The summed E-state index contributed by atoms with van der Waals surface area (Å²) in [6.07, 6.45) is 1.21. The Labute approximate surface area is 103 Å². The molecule has 1 saturated heterocycles. The van der Waals surface area contributed by atoms with E-state index in [4.69, 9.17) is 10.3 Å². The first-order valence-electron chi connectivity index (χ1n) is 6.26. The van der Waals surface area contributed by atoms with E-state index in [1.165, 1.54) is 13.0 Å². The van der Waals surface area contributed by atoms with Crippen LogP contribution in [0.15, 0.2) is 10.6 Å². The van der Waals surface area contributed by atoms with Crippen molar-refractivity contribution in [1.82, 2.24) is 15.0 Å². The minimum absolute atomic E-state index is 0.446. The summed E-state index contributed by atoms with van der Waals surface area (Å²) >= 11 is 0. The highest BCUT2D eigenvalue weighted by Crippen LogP contribution is 2.13. The summed E-state index contributed by atoms with van der Waals surface area (Å²) in [5.74, 6) is 0.918. The van der Waals surface area contributed by atoms with Gasteiger partial charge in [-0.05, 0) is 26.9 Å². The second kappa shape index (κ2) is 5.62. The first-order chi connectivity index (χ1) is 8.19. The van der Waals surface area contributed by atoms with Gasteiger partial charge in [-0.1, -0.05) is 5.16 Å². The molecule has 2 N–H and O–H groups in total. The van der Waals surface area contributed by atoms with Gasteiger partial charge in [-0.2, -0.15) is 0 Å². The molecule has 1 unspecified atom stereocenters. The Bertz CT molecular complexity index is 352. The van der Waals surface area contributed by atoms with E-state index in [-0.39, 0.29) is 0 Å². The number of likely N-dealkylation sites (N-methyl/N-ethyl adjacent to an activating group) is 1. The zero-order chi connectivity index (χ0) is 12.3. The molecule has 0 saturated carbocycles. The zero-order valence-corrected chi connectivity index (χ0v) is 10.7. The molecule has 1 aromatic rings. The van der Waals surface area contributed by atoms with Crippen LogP contribution in [0.1, 0.15) is 24.8 Å². The van der Waals surface area contributed by atoms with Gasteiger partial charge in [0.05, 0.1) is 12.2 Å². The monoisotopic (exact) mass is 238 g/mol. The number of hydrogen-bond acceptors (Lipinski definition) is 5. The summed E-state index contributed by atoms with van der Waals surface area (Å²) in [6, 6.07) is 2.51. The number of nitrogens with two attached hydrogens (primary N) is 1. The normalized spacial score (nSPS) is 23.8. The molecule has 1 aliphatic heterocycles. The van der Waals surface area contributed by atoms with E-state index in [0.717, 1.165) is 31.1 Å². The highest BCUT2D eigenvalue weighted by Gasteiger charge is 2.20. The average molecular weight is 238 g/mol. The number of nitrogens with zero attached hydrogens (tertiary/aromatic N) is 3. The molecule has 2 rings (SSSR count). The molecule has 1 fully saturated rings. The van der Waals surface area contributed by atoms with Gasteiger partial charge in [0.25, 0.3) is 0 Å². The standard InChI is InChI=1S/C12H22N4O/c1-10-8-15(2)4-3-5-16(10)9-12-6-11(7-13)14-17-12/h6,10H,3-5,7-9,13H2,1-2H3. The molecule has 0 amide bonds. The maximum absolute atomic E-state index is 5.52. The minimum atomic E-state index is 0.446. The van der Waals surface area contributed by atoms with Crippen molar-refractivity contribution in [3.63, 3.8) is 0 Å². The average Bonchev–Trinajstić information content (AvgIpc) is 2.68. The Morgan fingerprint density at radius 1 is 1.53 bits per heavy atom. The molecule has 0 aromatic carbocycles. The highest BCUT2D eigenvalue weighted by molar-refractivity contribution is 5.05. The van der Waals surface area contributed by atoms with Gasteiger partial charge in [-0.15, -0.1) is 0 Å². The van der Waals surface area contributed by atoms with E-state index < -0.39 is 0 Å². The number of hydrogen-bond donors (Lipinski definition) is 1. The quantitative estimate of drug-likeness (QED) is 0.838. The van der Waals surface area contributed by atoms with Crippen LogP contribution in [-0.2, 0) is 13.1 Å². The molecule has 1 atom stereocenters. The summed E-state index contributed by atoms with van der Waals surface area (Å²) in [4.78, 5) is 4.83. The van der Waals surface area contributed by atoms with Gasteiger partial charge in [0, 0.05) is 31.7 Å². The van der Waals surface area contributed by atoms with Gasteiger partial charge in [-0.25, -0.2) is 0 Å². The summed E-state index contributed by atoms with van der Waals surface area (Å²) < 4.78 is 5.29. The Morgan fingerprint density at radius 3 is 3.06 bits per heavy atom. The van der Waals surface area contributed by atoms with Crippen molar-refractivity contribution in [2.75, 3.05) is 26.7 Å². The molecule has 0 radical (unpaired) electrons. The van der Waals surface area contributed by atoms with Crippen LogP contribution in [0, 0.1) is 0 Å². The first-order valence-corrected chi connectivity index (χ1v) is 6.26. The van der Waals surface area contributed by atoms with Crippen LogP contribution < -0.4 is 5.73 Å². The van der Waals surface area contributed by atoms with Crippen LogP contribution >= 0.6 is 0 Å². The van der Waals surface area contributed by atoms with E-state index in [1.807, 2.05) is 6.07 Å². The first kappa shape index (κ1) is 12.5. The van der Waals surface area contributed by atoms with Gasteiger partial charge in [0.2, 0.25) is 0 Å². The van der Waals surface area contributed by atoms with Crippen molar-refractivity contribution in [3.05, 3.63) is 17.5 Å². The third-order valence-corrected chi connectivity index (χ3v) is 3.36. The fourth-order valence-electron chi connectivity index (χ4n) is 2.38. The van der Waals surface area contributed by atoms with E-state index >= 15 is 0 Å². The molecule has 96 valence electrons. The van der Waals surface area contributed by atoms with Gasteiger partial charge < -0.3 is 15.2 Å². The molecule has 5 heteroatoms. The Morgan fingerprint density at radius 2 is 2.35 bits per heavy atom. The zero-order valence-electron chi connectivity index (χ0n) is 10.7. The Balaban J connectivity index is 1.97. The minimum Gasteiger partial charge on any atom is -0.360 e. The van der Waals surface area contributed by atoms with Crippen LogP contribution in [0.25, 0.3) is 0 Å². The molecule has 5 nitrogen and oxygen atoms in total. The van der Waals surface area contributed by atoms with Crippen molar-refractivity contribution < 1.29 is 4.52 Å². The lowest BCUT2D eigenvalue weighted by Crippen LogP contribution is -2.37. The molecular weight excluding hydrogens is 216 g/mol. The van der Waals surface area contributed by atoms with Crippen LogP contribution in [0.4, 0.5) is 0 Å². The van der Waals surface area contributed by atoms with Crippen molar-refractivity contribution in [2.24, 2.45) is 5.73 Å². The van der Waals surface area contributed by atoms with Crippen LogP contribution in [0.3, 0.4) is 0 Å². The van der Waals surface area contributed by atoms with Crippen molar-refractivity contribution >= 4 is 0 Å². The smallest absolute Gasteiger partial charge is 0.151 e. The van der Waals surface area contributed by atoms with Crippen molar-refractivity contribution in [2.45, 2.75) is 32.5 Å². The fraction of sp³-hybridized carbons (Fsp3) is 0.750. The lowest BCUT2D eigenvalue weighted by molar-refractivity contribution is 0.175. The summed E-state index contributed by atoms with van der Waals surface area (Å²) in [5, 5.41) is 3.93.